The summed E-state index contributed by atoms with van der Waals surface area (Å²) in [6, 6.07) is 4.69. The molecule has 0 saturated carbocycles. The van der Waals surface area contributed by atoms with E-state index in [0.29, 0.717) is 25.2 Å². The van der Waals surface area contributed by atoms with Gasteiger partial charge in [-0.3, -0.25) is 0 Å². The molecule has 1 aromatic carbocycles. The highest BCUT2D eigenvalue weighted by molar-refractivity contribution is 5.61. The first-order valence-electron chi connectivity index (χ1n) is 9.34. The molecule has 0 fully saturated rings. The number of benzene rings is 1. The van der Waals surface area contributed by atoms with Crippen LogP contribution in [0.15, 0.2) is 24.3 Å². The Morgan fingerprint density at radius 3 is 2.69 bits per heavy atom. The normalized spacial score (nSPS) is 33.9. The monoisotopic (exact) mass is 359 g/mol. The average molecular weight is 359 g/mol. The molecule has 5 nitrogen and oxygen atoms in total. The van der Waals surface area contributed by atoms with E-state index in [-0.39, 0.29) is 17.6 Å². The molecule has 4 rings (SSSR count). The molecule has 3 aliphatic rings. The Labute approximate surface area is 155 Å². The summed E-state index contributed by atoms with van der Waals surface area (Å²) in [7, 11) is 7.74. The second-order valence-electron chi connectivity index (χ2n) is 7.93. The summed E-state index contributed by atoms with van der Waals surface area (Å²) in [5.41, 5.74) is 2.56. The van der Waals surface area contributed by atoms with Crippen molar-refractivity contribution in [3.05, 3.63) is 35.4 Å². The van der Waals surface area contributed by atoms with E-state index in [1.165, 1.54) is 11.1 Å². The lowest BCUT2D eigenvalue weighted by Crippen LogP contribution is -2.59. The summed E-state index contributed by atoms with van der Waals surface area (Å²) in [5.74, 6) is 2.10. The topological polar surface area (TPSA) is 40.2 Å². The molecule has 0 bridgehead atoms. The van der Waals surface area contributed by atoms with Gasteiger partial charge >= 0.3 is 0 Å². The molecule has 0 spiro atoms. The number of nitrogens with zero attached hydrogens (tertiary/aromatic N) is 1. The van der Waals surface area contributed by atoms with Gasteiger partial charge in [0.1, 0.15) is 12.2 Å². The number of ether oxygens (including phenoxy) is 4. The summed E-state index contributed by atoms with van der Waals surface area (Å²) < 4.78 is 23.4. The SMILES string of the molecule is COCCO[C@H]1C=CC2[C@H](N(C)C)Cc3ccc(OC)c4c3[C@@]2(C)[C@H]1O4. The van der Waals surface area contributed by atoms with E-state index in [1.807, 2.05) is 6.07 Å². The Kier molecular flexibility index (Phi) is 4.49. The number of rotatable bonds is 6. The summed E-state index contributed by atoms with van der Waals surface area (Å²) in [6.07, 6.45) is 5.42. The van der Waals surface area contributed by atoms with Crippen molar-refractivity contribution in [1.82, 2.24) is 4.90 Å². The molecule has 1 aromatic rings. The minimum atomic E-state index is -0.126. The van der Waals surface area contributed by atoms with Crippen LogP contribution in [0, 0.1) is 5.92 Å². The lowest BCUT2D eigenvalue weighted by molar-refractivity contribution is -0.0546. The highest BCUT2D eigenvalue weighted by Crippen LogP contribution is 2.59. The zero-order chi connectivity index (χ0) is 18.5. The highest BCUT2D eigenvalue weighted by atomic mass is 16.6. The second kappa shape index (κ2) is 6.55. The van der Waals surface area contributed by atoms with E-state index in [0.717, 1.165) is 17.9 Å². The van der Waals surface area contributed by atoms with Crippen molar-refractivity contribution in [1.29, 1.82) is 0 Å². The van der Waals surface area contributed by atoms with Crippen molar-refractivity contribution in [2.24, 2.45) is 5.92 Å². The number of hydrogen-bond acceptors (Lipinski definition) is 5. The van der Waals surface area contributed by atoms with Crippen LogP contribution in [0.4, 0.5) is 0 Å². The molecule has 0 radical (unpaired) electrons. The van der Waals surface area contributed by atoms with Crippen LogP contribution in [0.1, 0.15) is 18.1 Å². The quantitative estimate of drug-likeness (QED) is 0.576. The first-order chi connectivity index (χ1) is 12.5. The largest absolute Gasteiger partial charge is 0.493 e. The Hall–Kier alpha value is -1.56. The van der Waals surface area contributed by atoms with Crippen LogP contribution >= 0.6 is 0 Å². The molecule has 142 valence electrons. The van der Waals surface area contributed by atoms with Crippen molar-refractivity contribution in [3.63, 3.8) is 0 Å². The van der Waals surface area contributed by atoms with Crippen molar-refractivity contribution < 1.29 is 18.9 Å². The zero-order valence-electron chi connectivity index (χ0n) is 16.3. The summed E-state index contributed by atoms with van der Waals surface area (Å²) in [4.78, 5) is 2.34. The molecule has 5 atom stereocenters. The maximum absolute atomic E-state index is 6.54. The van der Waals surface area contributed by atoms with Crippen LogP contribution in [0.25, 0.3) is 0 Å². The van der Waals surface area contributed by atoms with Crippen LogP contribution in [0.3, 0.4) is 0 Å². The smallest absolute Gasteiger partial charge is 0.165 e. The molecule has 0 saturated heterocycles. The lowest BCUT2D eigenvalue weighted by Gasteiger charge is -2.50. The van der Waals surface area contributed by atoms with Gasteiger partial charge in [0.15, 0.2) is 11.5 Å². The second-order valence-corrected chi connectivity index (χ2v) is 7.93. The van der Waals surface area contributed by atoms with Crippen molar-refractivity contribution in [2.45, 2.75) is 37.0 Å². The third-order valence-corrected chi connectivity index (χ3v) is 6.41. The van der Waals surface area contributed by atoms with Crippen molar-refractivity contribution in [3.8, 4) is 11.5 Å². The van der Waals surface area contributed by atoms with Crippen LogP contribution in [0.2, 0.25) is 0 Å². The van der Waals surface area contributed by atoms with Crippen molar-refractivity contribution >= 4 is 0 Å². The molecule has 5 heteroatoms. The molecule has 0 amide bonds. The Balaban J connectivity index is 1.81. The number of hydrogen-bond donors (Lipinski definition) is 0. The number of likely N-dealkylation sites (N-methyl/N-ethyl adjacent to an activating group) is 1. The third-order valence-electron chi connectivity index (χ3n) is 6.41. The zero-order valence-corrected chi connectivity index (χ0v) is 16.3. The average Bonchev–Trinajstić information content (AvgIpc) is 2.95. The standard InChI is InChI=1S/C21H29NO4/c1-21-14-7-9-17(25-11-10-23-4)20(21)26-19-16(24-5)8-6-13(18(19)21)12-15(14)22(2)3/h6-9,14-15,17,20H,10-12H2,1-5H3/t14?,15-,17+,20+,21+/m1/s1. The lowest BCUT2D eigenvalue weighted by atomic mass is 9.57. The molecule has 2 aliphatic carbocycles. The van der Waals surface area contributed by atoms with Gasteiger partial charge in [0.05, 0.1) is 20.3 Å². The fraction of sp³-hybridized carbons (Fsp3) is 0.619. The van der Waals surface area contributed by atoms with Crippen molar-refractivity contribution in [2.75, 3.05) is 41.5 Å². The van der Waals surface area contributed by atoms with Gasteiger partial charge in [0, 0.05) is 30.0 Å². The molecule has 1 unspecified atom stereocenters. The molecule has 0 aromatic heterocycles. The summed E-state index contributed by atoms with van der Waals surface area (Å²) >= 11 is 0. The van der Waals surface area contributed by atoms with Gasteiger partial charge < -0.3 is 23.8 Å². The first kappa shape index (κ1) is 17.8. The summed E-state index contributed by atoms with van der Waals surface area (Å²) in [5, 5.41) is 0. The van der Waals surface area contributed by atoms with Crippen LogP contribution in [-0.4, -0.2) is 64.7 Å². The first-order valence-corrected chi connectivity index (χ1v) is 9.34. The van der Waals surface area contributed by atoms with E-state index >= 15 is 0 Å². The predicted molar refractivity (Wildman–Crippen MR) is 100 cm³/mol. The molecule has 1 aliphatic heterocycles. The van der Waals surface area contributed by atoms with Crippen LogP contribution in [0.5, 0.6) is 11.5 Å². The minimum absolute atomic E-state index is 0.0536. The van der Waals surface area contributed by atoms with Gasteiger partial charge in [-0.1, -0.05) is 25.1 Å². The van der Waals surface area contributed by atoms with E-state index < -0.39 is 0 Å². The molecular formula is C21H29NO4. The molecule has 0 N–H and O–H groups in total. The van der Waals surface area contributed by atoms with Gasteiger partial charge in [-0.2, -0.15) is 0 Å². The van der Waals surface area contributed by atoms with E-state index in [4.69, 9.17) is 18.9 Å². The maximum Gasteiger partial charge on any atom is 0.165 e. The molecule has 26 heavy (non-hydrogen) atoms. The van der Waals surface area contributed by atoms with Gasteiger partial charge in [-0.15, -0.1) is 0 Å². The van der Waals surface area contributed by atoms with E-state index in [1.54, 1.807) is 14.2 Å². The van der Waals surface area contributed by atoms with E-state index in [9.17, 15) is 0 Å². The Morgan fingerprint density at radius 2 is 2.00 bits per heavy atom. The molecule has 1 heterocycles. The Morgan fingerprint density at radius 1 is 1.19 bits per heavy atom. The van der Waals surface area contributed by atoms with Gasteiger partial charge in [-0.05, 0) is 32.1 Å². The number of methoxy groups -OCH3 is 2. The fourth-order valence-corrected chi connectivity index (χ4v) is 5.12. The molecular weight excluding hydrogens is 330 g/mol. The Bertz CT molecular complexity index is 716. The van der Waals surface area contributed by atoms with Gasteiger partial charge in [0.25, 0.3) is 0 Å². The third kappa shape index (κ3) is 2.41. The van der Waals surface area contributed by atoms with Gasteiger partial charge in [0.2, 0.25) is 0 Å². The van der Waals surface area contributed by atoms with Crippen LogP contribution in [-0.2, 0) is 21.3 Å². The fourth-order valence-electron chi connectivity index (χ4n) is 5.12. The van der Waals surface area contributed by atoms with Gasteiger partial charge in [-0.25, -0.2) is 0 Å². The van der Waals surface area contributed by atoms with E-state index in [2.05, 4.69) is 44.1 Å². The maximum atomic E-state index is 6.54. The summed E-state index contributed by atoms with van der Waals surface area (Å²) in [6.45, 7) is 3.48. The minimum Gasteiger partial charge on any atom is -0.493 e. The van der Waals surface area contributed by atoms with Crippen LogP contribution < -0.4 is 9.47 Å². The highest BCUT2D eigenvalue weighted by Gasteiger charge is 2.60. The predicted octanol–water partition coefficient (Wildman–Crippen LogP) is 2.42.